The van der Waals surface area contributed by atoms with Gasteiger partial charge < -0.3 is 15.2 Å². The highest BCUT2D eigenvalue weighted by molar-refractivity contribution is 6.30. The van der Waals surface area contributed by atoms with Gasteiger partial charge in [0.05, 0.1) is 7.11 Å². The standard InChI is InChI=1S/C11H14ClNO2/c1-15-10-6-7(12)5-8(11(10)14)9-3-2-4-13-9/h5-6,9,13-14H,2-4H2,1H3. The summed E-state index contributed by atoms with van der Waals surface area (Å²) in [6.45, 7) is 0.985. The number of benzene rings is 1. The maximum atomic E-state index is 9.95. The molecule has 0 radical (unpaired) electrons. The van der Waals surface area contributed by atoms with Crippen LogP contribution in [0.25, 0.3) is 0 Å². The van der Waals surface area contributed by atoms with E-state index in [-0.39, 0.29) is 11.8 Å². The van der Waals surface area contributed by atoms with Gasteiger partial charge in [-0.3, -0.25) is 0 Å². The van der Waals surface area contributed by atoms with E-state index in [1.165, 1.54) is 7.11 Å². The third kappa shape index (κ3) is 2.03. The number of rotatable bonds is 2. The minimum atomic E-state index is 0.192. The quantitative estimate of drug-likeness (QED) is 0.816. The fourth-order valence-electron chi connectivity index (χ4n) is 1.97. The van der Waals surface area contributed by atoms with Crippen molar-refractivity contribution in [3.8, 4) is 11.5 Å². The molecule has 0 amide bonds. The summed E-state index contributed by atoms with van der Waals surface area (Å²) in [5.74, 6) is 0.632. The summed E-state index contributed by atoms with van der Waals surface area (Å²) < 4.78 is 5.06. The van der Waals surface area contributed by atoms with Crippen LogP contribution in [0.1, 0.15) is 24.4 Å². The lowest BCUT2D eigenvalue weighted by Gasteiger charge is -2.15. The predicted octanol–water partition coefficient (Wildman–Crippen LogP) is 2.48. The predicted molar refractivity (Wildman–Crippen MR) is 59.6 cm³/mol. The van der Waals surface area contributed by atoms with Crippen LogP contribution in [0.4, 0.5) is 0 Å². The van der Waals surface area contributed by atoms with Gasteiger partial charge in [0.2, 0.25) is 0 Å². The maximum Gasteiger partial charge on any atom is 0.162 e. The molecule has 2 rings (SSSR count). The van der Waals surface area contributed by atoms with Crippen LogP contribution >= 0.6 is 11.6 Å². The second-order valence-corrected chi connectivity index (χ2v) is 4.13. The Morgan fingerprint density at radius 1 is 1.53 bits per heavy atom. The minimum Gasteiger partial charge on any atom is -0.504 e. The SMILES string of the molecule is COc1cc(Cl)cc(C2CCCN2)c1O. The third-order valence-electron chi connectivity index (χ3n) is 2.72. The van der Waals surface area contributed by atoms with Crippen molar-refractivity contribution in [2.24, 2.45) is 0 Å². The Hall–Kier alpha value is -0.930. The first-order chi connectivity index (χ1) is 7.22. The van der Waals surface area contributed by atoms with E-state index >= 15 is 0 Å². The second kappa shape index (κ2) is 4.29. The largest absolute Gasteiger partial charge is 0.504 e. The molecule has 0 aromatic heterocycles. The molecule has 0 spiro atoms. The molecule has 1 heterocycles. The van der Waals surface area contributed by atoms with Crippen LogP contribution in [0, 0.1) is 0 Å². The third-order valence-corrected chi connectivity index (χ3v) is 2.94. The normalized spacial score (nSPS) is 20.5. The average Bonchev–Trinajstić information content (AvgIpc) is 2.74. The fourth-order valence-corrected chi connectivity index (χ4v) is 2.18. The first-order valence-corrected chi connectivity index (χ1v) is 5.40. The van der Waals surface area contributed by atoms with Crippen molar-refractivity contribution in [1.82, 2.24) is 5.32 Å². The lowest BCUT2D eigenvalue weighted by atomic mass is 10.0. The Morgan fingerprint density at radius 3 is 2.93 bits per heavy atom. The van der Waals surface area contributed by atoms with E-state index in [2.05, 4.69) is 5.32 Å². The van der Waals surface area contributed by atoms with Gasteiger partial charge in [-0.05, 0) is 25.5 Å². The van der Waals surface area contributed by atoms with Gasteiger partial charge in [0, 0.05) is 22.7 Å². The Labute approximate surface area is 94.0 Å². The molecular weight excluding hydrogens is 214 g/mol. The van der Waals surface area contributed by atoms with Crippen molar-refractivity contribution in [2.75, 3.05) is 13.7 Å². The Morgan fingerprint density at radius 2 is 2.33 bits per heavy atom. The number of ether oxygens (including phenoxy) is 1. The molecule has 0 saturated carbocycles. The molecule has 1 unspecified atom stereocenters. The molecule has 1 aromatic carbocycles. The summed E-state index contributed by atoms with van der Waals surface area (Å²) in [6.07, 6.45) is 2.15. The summed E-state index contributed by atoms with van der Waals surface area (Å²) in [5.41, 5.74) is 0.830. The van der Waals surface area contributed by atoms with E-state index in [1.807, 2.05) is 0 Å². The lowest BCUT2D eigenvalue weighted by Crippen LogP contribution is -2.13. The molecule has 1 aliphatic heterocycles. The molecule has 1 aliphatic rings. The van der Waals surface area contributed by atoms with Crippen LogP contribution in [-0.4, -0.2) is 18.8 Å². The number of hydrogen-bond acceptors (Lipinski definition) is 3. The van der Waals surface area contributed by atoms with Gasteiger partial charge in [-0.2, -0.15) is 0 Å². The van der Waals surface area contributed by atoms with E-state index in [0.29, 0.717) is 10.8 Å². The van der Waals surface area contributed by atoms with E-state index in [1.54, 1.807) is 12.1 Å². The molecule has 2 N–H and O–H groups in total. The van der Waals surface area contributed by atoms with Gasteiger partial charge >= 0.3 is 0 Å². The Balaban J connectivity index is 2.40. The number of nitrogens with one attached hydrogen (secondary N) is 1. The molecule has 0 aliphatic carbocycles. The molecule has 82 valence electrons. The summed E-state index contributed by atoms with van der Waals surface area (Å²) in [7, 11) is 1.53. The van der Waals surface area contributed by atoms with Crippen molar-refractivity contribution in [1.29, 1.82) is 0 Å². The van der Waals surface area contributed by atoms with Gasteiger partial charge in [0.25, 0.3) is 0 Å². The summed E-state index contributed by atoms with van der Waals surface area (Å²) in [5, 5.41) is 13.9. The zero-order chi connectivity index (χ0) is 10.8. The molecule has 4 heteroatoms. The van der Waals surface area contributed by atoms with Gasteiger partial charge in [-0.1, -0.05) is 11.6 Å². The van der Waals surface area contributed by atoms with Crippen molar-refractivity contribution >= 4 is 11.6 Å². The fraction of sp³-hybridized carbons (Fsp3) is 0.455. The van der Waals surface area contributed by atoms with Crippen LogP contribution < -0.4 is 10.1 Å². The topological polar surface area (TPSA) is 41.5 Å². The van der Waals surface area contributed by atoms with Crippen molar-refractivity contribution in [3.05, 3.63) is 22.7 Å². The lowest BCUT2D eigenvalue weighted by molar-refractivity contribution is 0.367. The van der Waals surface area contributed by atoms with Crippen LogP contribution in [-0.2, 0) is 0 Å². The number of methoxy groups -OCH3 is 1. The highest BCUT2D eigenvalue weighted by Crippen LogP contribution is 2.39. The first kappa shape index (κ1) is 10.6. The van der Waals surface area contributed by atoms with E-state index in [9.17, 15) is 5.11 Å². The maximum absolute atomic E-state index is 9.95. The van der Waals surface area contributed by atoms with Crippen LogP contribution in [0.2, 0.25) is 5.02 Å². The highest BCUT2D eigenvalue weighted by atomic mass is 35.5. The second-order valence-electron chi connectivity index (χ2n) is 3.69. The molecule has 1 fully saturated rings. The molecular formula is C11H14ClNO2. The molecule has 15 heavy (non-hydrogen) atoms. The van der Waals surface area contributed by atoms with Gasteiger partial charge in [0.15, 0.2) is 11.5 Å². The van der Waals surface area contributed by atoms with Crippen LogP contribution in [0.15, 0.2) is 12.1 Å². The number of halogens is 1. The highest BCUT2D eigenvalue weighted by Gasteiger charge is 2.21. The summed E-state index contributed by atoms with van der Waals surface area (Å²) in [4.78, 5) is 0. The number of phenolic OH excluding ortho intramolecular Hbond substituents is 1. The first-order valence-electron chi connectivity index (χ1n) is 5.02. The van der Waals surface area contributed by atoms with E-state index in [0.717, 1.165) is 24.9 Å². The summed E-state index contributed by atoms with van der Waals surface area (Å²) in [6, 6.07) is 3.61. The Kier molecular flexibility index (Phi) is 3.03. The average molecular weight is 228 g/mol. The number of phenols is 1. The Bertz CT molecular complexity index is 362. The van der Waals surface area contributed by atoms with Crippen LogP contribution in [0.3, 0.4) is 0 Å². The van der Waals surface area contributed by atoms with Crippen molar-refractivity contribution < 1.29 is 9.84 Å². The monoisotopic (exact) mass is 227 g/mol. The molecule has 0 bridgehead atoms. The number of aromatic hydroxyl groups is 1. The van der Waals surface area contributed by atoms with Crippen LogP contribution in [0.5, 0.6) is 11.5 Å². The molecule has 1 aromatic rings. The van der Waals surface area contributed by atoms with E-state index < -0.39 is 0 Å². The van der Waals surface area contributed by atoms with Crippen molar-refractivity contribution in [2.45, 2.75) is 18.9 Å². The van der Waals surface area contributed by atoms with Gasteiger partial charge in [0.1, 0.15) is 0 Å². The summed E-state index contributed by atoms with van der Waals surface area (Å²) >= 11 is 5.96. The smallest absolute Gasteiger partial charge is 0.162 e. The van der Waals surface area contributed by atoms with Crippen molar-refractivity contribution in [3.63, 3.8) is 0 Å². The molecule has 1 atom stereocenters. The number of hydrogen-bond donors (Lipinski definition) is 2. The molecule has 3 nitrogen and oxygen atoms in total. The minimum absolute atomic E-state index is 0.192. The zero-order valence-corrected chi connectivity index (χ0v) is 9.34. The van der Waals surface area contributed by atoms with Gasteiger partial charge in [-0.15, -0.1) is 0 Å². The molecule has 1 saturated heterocycles. The zero-order valence-electron chi connectivity index (χ0n) is 8.59. The van der Waals surface area contributed by atoms with Gasteiger partial charge in [-0.25, -0.2) is 0 Å². The van der Waals surface area contributed by atoms with E-state index in [4.69, 9.17) is 16.3 Å².